The summed E-state index contributed by atoms with van der Waals surface area (Å²) in [4.78, 5) is 5.64. The molecule has 0 saturated carbocycles. The Morgan fingerprint density at radius 1 is 0.618 bits per heavy atom. The summed E-state index contributed by atoms with van der Waals surface area (Å²) in [6.07, 6.45) is 26.9. The number of benzene rings is 1. The first kappa shape index (κ1) is 31.0. The Morgan fingerprint density at radius 3 is 1.62 bits per heavy atom. The van der Waals surface area contributed by atoms with Crippen molar-refractivity contribution in [2.75, 3.05) is 6.54 Å². The third-order valence-corrected chi connectivity index (χ3v) is 6.90. The molecule has 0 saturated heterocycles. The molecule has 0 bridgehead atoms. The van der Waals surface area contributed by atoms with Gasteiger partial charge in [0.15, 0.2) is 0 Å². The van der Waals surface area contributed by atoms with Crippen molar-refractivity contribution in [2.24, 2.45) is 0 Å². The van der Waals surface area contributed by atoms with E-state index in [9.17, 15) is 5.11 Å². The van der Waals surface area contributed by atoms with Gasteiger partial charge in [-0.3, -0.25) is 0 Å². The number of nitrogens with one attached hydrogen (secondary N) is 1. The minimum absolute atomic E-state index is 0.223. The molecule has 1 atom stereocenters. The van der Waals surface area contributed by atoms with Crippen LogP contribution in [0.3, 0.4) is 0 Å². The van der Waals surface area contributed by atoms with Crippen molar-refractivity contribution in [3.8, 4) is 5.75 Å². The predicted octanol–water partition coefficient (Wildman–Crippen LogP) is 9.32. The second kappa shape index (κ2) is 23.7. The molecule has 1 aromatic carbocycles. The number of aryl methyl sites for hydroxylation is 1. The third-order valence-electron chi connectivity index (χ3n) is 6.90. The highest BCUT2D eigenvalue weighted by molar-refractivity contribution is 5.27. The summed E-state index contributed by atoms with van der Waals surface area (Å²) < 4.78 is 0. The van der Waals surface area contributed by atoms with Crippen LogP contribution in [0.5, 0.6) is 5.75 Å². The standard InChI is InChI=1S/C31H57NO2/c1-3-5-7-9-11-12-13-14-16-18-20-22-30(33)27-28-32-34-31-25-23-29(24-26-31)21-19-17-15-10-8-6-4-2/h23-26,30,32-33H,3-22,27-28H2,1-2H3. The van der Waals surface area contributed by atoms with Crippen molar-refractivity contribution < 1.29 is 9.94 Å². The minimum atomic E-state index is -0.223. The highest BCUT2D eigenvalue weighted by Gasteiger charge is 2.04. The van der Waals surface area contributed by atoms with E-state index in [0.29, 0.717) is 6.54 Å². The quantitative estimate of drug-likeness (QED) is 0.109. The lowest BCUT2D eigenvalue weighted by atomic mass is 10.0. The van der Waals surface area contributed by atoms with Gasteiger partial charge in [0.1, 0.15) is 5.75 Å². The van der Waals surface area contributed by atoms with Crippen molar-refractivity contribution >= 4 is 0 Å². The summed E-state index contributed by atoms with van der Waals surface area (Å²) in [7, 11) is 0. The van der Waals surface area contributed by atoms with Gasteiger partial charge in [0.25, 0.3) is 0 Å². The number of hydrogen-bond acceptors (Lipinski definition) is 3. The minimum Gasteiger partial charge on any atom is -0.409 e. The van der Waals surface area contributed by atoms with Crippen molar-refractivity contribution in [1.29, 1.82) is 0 Å². The van der Waals surface area contributed by atoms with Gasteiger partial charge in [0, 0.05) is 6.54 Å². The summed E-state index contributed by atoms with van der Waals surface area (Å²) >= 11 is 0. The lowest BCUT2D eigenvalue weighted by Gasteiger charge is -2.12. The maximum Gasteiger partial charge on any atom is 0.147 e. The molecule has 34 heavy (non-hydrogen) atoms. The van der Waals surface area contributed by atoms with E-state index in [2.05, 4.69) is 31.5 Å². The SMILES string of the molecule is CCCCCCCCCCCCCC(O)CCNOc1ccc(CCCCCCCCC)cc1. The molecular formula is C31H57NO2. The van der Waals surface area contributed by atoms with E-state index in [0.717, 1.165) is 31.4 Å². The summed E-state index contributed by atoms with van der Waals surface area (Å²) in [5.41, 5.74) is 4.40. The van der Waals surface area contributed by atoms with Crippen molar-refractivity contribution in [2.45, 2.75) is 155 Å². The molecule has 0 heterocycles. The van der Waals surface area contributed by atoms with Gasteiger partial charge in [0.05, 0.1) is 6.10 Å². The number of aliphatic hydroxyl groups is 1. The molecule has 0 aliphatic carbocycles. The Balaban J connectivity index is 1.92. The van der Waals surface area contributed by atoms with Gasteiger partial charge in [0.2, 0.25) is 0 Å². The molecule has 3 nitrogen and oxygen atoms in total. The molecule has 1 rings (SSSR count). The van der Waals surface area contributed by atoms with Crippen LogP contribution in [0.15, 0.2) is 24.3 Å². The number of aliphatic hydroxyl groups excluding tert-OH is 1. The average molecular weight is 476 g/mol. The van der Waals surface area contributed by atoms with Crippen molar-refractivity contribution in [3.63, 3.8) is 0 Å². The molecule has 3 heteroatoms. The second-order valence-electron chi connectivity index (χ2n) is 10.3. The Kier molecular flexibility index (Phi) is 21.6. The monoisotopic (exact) mass is 475 g/mol. The molecule has 198 valence electrons. The average Bonchev–Trinajstić information content (AvgIpc) is 2.85. The Labute approximate surface area is 212 Å². The van der Waals surface area contributed by atoms with Gasteiger partial charge in [-0.25, -0.2) is 0 Å². The van der Waals surface area contributed by atoms with E-state index < -0.39 is 0 Å². The summed E-state index contributed by atoms with van der Waals surface area (Å²) in [5, 5.41) is 10.2. The molecule has 0 aliphatic rings. The van der Waals surface area contributed by atoms with Crippen LogP contribution in [0.25, 0.3) is 0 Å². The molecule has 0 spiro atoms. The summed E-state index contributed by atoms with van der Waals surface area (Å²) in [6, 6.07) is 8.45. The number of hydrogen-bond donors (Lipinski definition) is 2. The normalized spacial score (nSPS) is 12.2. The second-order valence-corrected chi connectivity index (χ2v) is 10.3. The van der Waals surface area contributed by atoms with Crippen molar-refractivity contribution in [1.82, 2.24) is 5.48 Å². The van der Waals surface area contributed by atoms with E-state index in [4.69, 9.17) is 4.84 Å². The van der Waals surface area contributed by atoms with Gasteiger partial charge >= 0.3 is 0 Å². The Bertz CT molecular complexity index is 531. The number of rotatable bonds is 25. The highest BCUT2D eigenvalue weighted by atomic mass is 16.6. The van der Waals surface area contributed by atoms with Crippen molar-refractivity contribution in [3.05, 3.63) is 29.8 Å². The molecule has 0 aliphatic heterocycles. The molecular weight excluding hydrogens is 418 g/mol. The molecule has 0 radical (unpaired) electrons. The number of hydroxylamine groups is 1. The van der Waals surface area contributed by atoms with E-state index in [-0.39, 0.29) is 6.10 Å². The maximum absolute atomic E-state index is 10.2. The van der Waals surface area contributed by atoms with Gasteiger partial charge in [-0.2, -0.15) is 5.48 Å². The maximum atomic E-state index is 10.2. The smallest absolute Gasteiger partial charge is 0.147 e. The molecule has 2 N–H and O–H groups in total. The Hall–Kier alpha value is -1.06. The first-order chi connectivity index (χ1) is 16.8. The number of unbranched alkanes of at least 4 members (excludes halogenated alkanes) is 16. The zero-order valence-corrected chi connectivity index (χ0v) is 22.8. The van der Waals surface area contributed by atoms with Crippen LogP contribution in [-0.4, -0.2) is 17.8 Å². The fraction of sp³-hybridized carbons (Fsp3) is 0.806. The van der Waals surface area contributed by atoms with Gasteiger partial charge < -0.3 is 9.94 Å². The van der Waals surface area contributed by atoms with Crippen LogP contribution in [0.2, 0.25) is 0 Å². The molecule has 1 unspecified atom stereocenters. The van der Waals surface area contributed by atoms with Crippen LogP contribution in [-0.2, 0) is 6.42 Å². The van der Waals surface area contributed by atoms with Crippen LogP contribution in [0.4, 0.5) is 0 Å². The van der Waals surface area contributed by atoms with Gasteiger partial charge in [-0.15, -0.1) is 0 Å². The first-order valence-corrected chi connectivity index (χ1v) is 14.9. The largest absolute Gasteiger partial charge is 0.409 e. The molecule has 1 aromatic rings. The first-order valence-electron chi connectivity index (χ1n) is 14.9. The van der Waals surface area contributed by atoms with Gasteiger partial charge in [-0.1, -0.05) is 135 Å². The topological polar surface area (TPSA) is 41.5 Å². The lowest BCUT2D eigenvalue weighted by Crippen LogP contribution is -2.23. The van der Waals surface area contributed by atoms with Crippen LogP contribution >= 0.6 is 0 Å². The van der Waals surface area contributed by atoms with Crippen LogP contribution < -0.4 is 10.3 Å². The fourth-order valence-corrected chi connectivity index (χ4v) is 4.56. The zero-order chi connectivity index (χ0) is 24.5. The predicted molar refractivity (Wildman–Crippen MR) is 148 cm³/mol. The van der Waals surface area contributed by atoms with Crippen LogP contribution in [0, 0.1) is 0 Å². The molecule has 0 fully saturated rings. The van der Waals surface area contributed by atoms with Gasteiger partial charge in [-0.05, 0) is 43.4 Å². The lowest BCUT2D eigenvalue weighted by molar-refractivity contribution is 0.124. The molecule has 0 amide bonds. The van der Waals surface area contributed by atoms with Crippen LogP contribution in [0.1, 0.15) is 148 Å². The zero-order valence-electron chi connectivity index (χ0n) is 22.8. The summed E-state index contributed by atoms with van der Waals surface area (Å²) in [6.45, 7) is 5.23. The van der Waals surface area contributed by atoms with E-state index in [1.165, 1.54) is 115 Å². The van der Waals surface area contributed by atoms with E-state index >= 15 is 0 Å². The fourth-order valence-electron chi connectivity index (χ4n) is 4.56. The Morgan fingerprint density at radius 2 is 1.09 bits per heavy atom. The molecule has 0 aromatic heterocycles. The van der Waals surface area contributed by atoms with E-state index in [1.54, 1.807) is 0 Å². The van der Waals surface area contributed by atoms with E-state index in [1.807, 2.05) is 12.1 Å². The highest BCUT2D eigenvalue weighted by Crippen LogP contribution is 2.16. The summed E-state index contributed by atoms with van der Waals surface area (Å²) in [5.74, 6) is 0.850. The third kappa shape index (κ3) is 19.3.